The summed E-state index contributed by atoms with van der Waals surface area (Å²) in [6, 6.07) is 7.94. The summed E-state index contributed by atoms with van der Waals surface area (Å²) in [7, 11) is 0. The first-order chi connectivity index (χ1) is 18.1. The van der Waals surface area contributed by atoms with E-state index in [9.17, 15) is 19.8 Å². The van der Waals surface area contributed by atoms with Crippen LogP contribution in [-0.4, -0.2) is 45.1 Å². The Morgan fingerprint density at radius 2 is 1.82 bits per heavy atom. The van der Waals surface area contributed by atoms with Crippen LogP contribution in [-0.2, 0) is 16.0 Å². The topological polar surface area (TPSA) is 102 Å². The Hall–Kier alpha value is -2.96. The Labute approximate surface area is 224 Å². The van der Waals surface area contributed by atoms with Crippen molar-refractivity contribution in [2.24, 2.45) is 29.1 Å². The molecule has 1 aromatic carbocycles. The van der Waals surface area contributed by atoms with Crippen molar-refractivity contribution in [3.63, 3.8) is 0 Å². The van der Waals surface area contributed by atoms with E-state index in [4.69, 9.17) is 0 Å². The summed E-state index contributed by atoms with van der Waals surface area (Å²) in [5.74, 6) is -0.756. The van der Waals surface area contributed by atoms with Crippen LogP contribution in [0, 0.1) is 29.1 Å². The largest absolute Gasteiger partial charge is 0.390 e. The minimum absolute atomic E-state index is 0.0341. The van der Waals surface area contributed by atoms with Crippen molar-refractivity contribution in [3.8, 4) is 0 Å². The molecule has 6 heteroatoms. The lowest BCUT2D eigenvalue weighted by Crippen LogP contribution is -2.52. The van der Waals surface area contributed by atoms with E-state index in [0.717, 1.165) is 16.5 Å². The normalized spacial score (nSPS) is 36.3. The van der Waals surface area contributed by atoms with Gasteiger partial charge in [-0.1, -0.05) is 61.9 Å². The Bertz CT molecular complexity index is 1320. The molecule has 4 N–H and O–H groups in total. The highest BCUT2D eigenvalue weighted by Gasteiger charge is 2.65. The molecule has 202 valence electrons. The average Bonchev–Trinajstić information content (AvgIpc) is 3.43. The third kappa shape index (κ3) is 4.38. The van der Waals surface area contributed by atoms with Gasteiger partial charge >= 0.3 is 0 Å². The van der Waals surface area contributed by atoms with Crippen LogP contribution in [0.2, 0.25) is 0 Å². The lowest BCUT2D eigenvalue weighted by atomic mass is 9.54. The van der Waals surface area contributed by atoms with Crippen LogP contribution in [0.3, 0.4) is 0 Å². The van der Waals surface area contributed by atoms with Crippen molar-refractivity contribution in [2.75, 3.05) is 0 Å². The van der Waals surface area contributed by atoms with E-state index in [2.05, 4.69) is 55.4 Å². The number of hydrogen-bond acceptors (Lipinski definition) is 4. The predicted molar refractivity (Wildman–Crippen MR) is 149 cm³/mol. The van der Waals surface area contributed by atoms with Crippen molar-refractivity contribution in [1.29, 1.82) is 0 Å². The molecule has 1 fully saturated rings. The summed E-state index contributed by atoms with van der Waals surface area (Å²) in [5, 5.41) is 25.8. The van der Waals surface area contributed by atoms with Crippen LogP contribution in [0.1, 0.15) is 52.5 Å². The van der Waals surface area contributed by atoms with Crippen LogP contribution in [0.5, 0.6) is 0 Å². The minimum atomic E-state index is -1.24. The van der Waals surface area contributed by atoms with Crippen LogP contribution < -0.4 is 5.32 Å². The zero-order chi connectivity index (χ0) is 27.2. The molecule has 1 aliphatic heterocycles. The minimum Gasteiger partial charge on any atom is -0.390 e. The molecule has 1 amide bonds. The molecular formula is C32H40N2O4. The first-order valence-electron chi connectivity index (χ1n) is 13.9. The van der Waals surface area contributed by atoms with Gasteiger partial charge in [-0.05, 0) is 62.1 Å². The highest BCUT2D eigenvalue weighted by molar-refractivity contribution is 6.09. The van der Waals surface area contributed by atoms with E-state index in [1.807, 2.05) is 37.4 Å². The molecule has 1 spiro atoms. The molecule has 8 unspecified atom stereocenters. The van der Waals surface area contributed by atoms with Crippen LogP contribution in [0.25, 0.3) is 10.9 Å². The molecule has 1 aromatic heterocycles. The molecule has 2 heterocycles. The van der Waals surface area contributed by atoms with Crippen LogP contribution in [0.4, 0.5) is 0 Å². The number of H-pyrrole nitrogens is 1. The van der Waals surface area contributed by atoms with Gasteiger partial charge in [0.25, 0.3) is 0 Å². The maximum absolute atomic E-state index is 14.2. The highest BCUT2D eigenvalue weighted by atomic mass is 16.3. The lowest BCUT2D eigenvalue weighted by molar-refractivity contribution is -0.145. The number of allylic oxidation sites excluding steroid dienone is 5. The second-order valence-corrected chi connectivity index (χ2v) is 11.8. The molecule has 2 aromatic rings. The Balaban J connectivity index is 1.57. The maximum Gasteiger partial charge on any atom is 0.235 e. The summed E-state index contributed by atoms with van der Waals surface area (Å²) in [6.45, 7) is 8.12. The number of Topliss-reactive ketones (excluding diaryl/α,β-unsaturated/α-hetero) is 1. The first kappa shape index (κ1) is 26.6. The number of hydrogen-bond donors (Lipinski definition) is 4. The van der Waals surface area contributed by atoms with Gasteiger partial charge < -0.3 is 20.5 Å². The maximum atomic E-state index is 14.2. The van der Waals surface area contributed by atoms with Crippen LogP contribution >= 0.6 is 0 Å². The number of aromatic nitrogens is 1. The van der Waals surface area contributed by atoms with Gasteiger partial charge in [0.2, 0.25) is 5.91 Å². The van der Waals surface area contributed by atoms with Gasteiger partial charge in [-0.25, -0.2) is 0 Å². The van der Waals surface area contributed by atoms with Crippen molar-refractivity contribution in [1.82, 2.24) is 10.3 Å². The summed E-state index contributed by atoms with van der Waals surface area (Å²) >= 11 is 0. The van der Waals surface area contributed by atoms with Crippen molar-refractivity contribution >= 4 is 22.6 Å². The molecule has 0 bridgehead atoms. The Kier molecular flexibility index (Phi) is 7.23. The Morgan fingerprint density at radius 3 is 2.61 bits per heavy atom. The molecule has 8 atom stereocenters. The van der Waals surface area contributed by atoms with Gasteiger partial charge in [0.1, 0.15) is 17.3 Å². The molecule has 0 saturated carbocycles. The number of amides is 1. The fourth-order valence-electron chi connectivity index (χ4n) is 7.24. The number of aliphatic hydroxyl groups excluding tert-OH is 2. The standard InChI is InChI=1S/C32H40N2O4/c1-18-8-7-9-23-15-19(2)21(4)29-26(16-22-17-33-25-11-6-5-10-24(22)25)34-31(38)32(23,29)28(36)13-12-27(35)30(37)20(3)14-18/h5-7,9-11,14-15,17-18,21,23,26-27,29-30,33,35,37H,8,12-13,16H2,1-4H3,(H,34,38). The van der Waals surface area contributed by atoms with E-state index in [-0.39, 0.29) is 54.2 Å². The molecule has 1 saturated heterocycles. The van der Waals surface area contributed by atoms with E-state index < -0.39 is 17.6 Å². The van der Waals surface area contributed by atoms with E-state index in [1.54, 1.807) is 0 Å². The number of carbonyl (C=O) groups is 2. The average molecular weight is 517 g/mol. The lowest BCUT2D eigenvalue weighted by Gasteiger charge is -2.44. The van der Waals surface area contributed by atoms with Gasteiger partial charge in [0.05, 0.1) is 6.10 Å². The number of para-hydroxylation sites is 1. The van der Waals surface area contributed by atoms with Crippen molar-refractivity contribution in [3.05, 3.63) is 71.5 Å². The number of fused-ring (bicyclic) bond motifs is 1. The summed E-state index contributed by atoms with van der Waals surface area (Å²) in [4.78, 5) is 31.6. The van der Waals surface area contributed by atoms with Crippen molar-refractivity contribution in [2.45, 2.75) is 71.6 Å². The monoisotopic (exact) mass is 516 g/mol. The molecular weight excluding hydrogens is 476 g/mol. The number of carbonyl (C=O) groups excluding carboxylic acids is 2. The van der Waals surface area contributed by atoms with E-state index in [0.29, 0.717) is 18.4 Å². The molecule has 0 radical (unpaired) electrons. The van der Waals surface area contributed by atoms with Crippen LogP contribution in [0.15, 0.2) is 65.9 Å². The van der Waals surface area contributed by atoms with E-state index in [1.165, 1.54) is 5.57 Å². The third-order valence-corrected chi connectivity index (χ3v) is 9.35. The van der Waals surface area contributed by atoms with Gasteiger partial charge in [-0.3, -0.25) is 9.59 Å². The first-order valence-corrected chi connectivity index (χ1v) is 13.9. The molecule has 5 rings (SSSR count). The van der Waals surface area contributed by atoms with Gasteiger partial charge in [-0.2, -0.15) is 0 Å². The molecule has 38 heavy (non-hydrogen) atoms. The number of ketones is 1. The summed E-state index contributed by atoms with van der Waals surface area (Å²) in [6.07, 6.45) is 9.64. The van der Waals surface area contributed by atoms with Gasteiger partial charge in [-0.15, -0.1) is 0 Å². The second-order valence-electron chi connectivity index (χ2n) is 11.8. The number of rotatable bonds is 2. The number of benzene rings is 1. The summed E-state index contributed by atoms with van der Waals surface area (Å²) < 4.78 is 0. The Morgan fingerprint density at radius 1 is 1.05 bits per heavy atom. The third-order valence-electron chi connectivity index (χ3n) is 9.35. The molecule has 2 aliphatic carbocycles. The number of aliphatic hydroxyl groups is 2. The smallest absolute Gasteiger partial charge is 0.235 e. The summed E-state index contributed by atoms with van der Waals surface area (Å²) in [5.41, 5.74) is 2.84. The zero-order valence-corrected chi connectivity index (χ0v) is 22.8. The fraction of sp³-hybridized carbons (Fsp3) is 0.500. The highest BCUT2D eigenvalue weighted by Crippen LogP contribution is 2.55. The molecule has 6 nitrogen and oxygen atoms in total. The zero-order valence-electron chi connectivity index (χ0n) is 22.8. The fourth-order valence-corrected chi connectivity index (χ4v) is 7.24. The molecule has 3 aliphatic rings. The quantitative estimate of drug-likeness (QED) is 0.345. The number of nitrogens with one attached hydrogen (secondary N) is 2. The van der Waals surface area contributed by atoms with E-state index >= 15 is 0 Å². The van der Waals surface area contributed by atoms with Gasteiger partial charge in [0, 0.05) is 41.4 Å². The SMILES string of the molecule is CC1=CC2C=CCC(C)C=C(C)C(O)C(O)CCC(=O)C23C(=O)NC(Cc2c[nH]c4ccccc24)C3C1C. The van der Waals surface area contributed by atoms with Gasteiger partial charge in [0.15, 0.2) is 0 Å². The number of aromatic amines is 1. The predicted octanol–water partition coefficient (Wildman–Crippen LogP) is 4.64. The second kappa shape index (κ2) is 10.3. The van der Waals surface area contributed by atoms with Crippen molar-refractivity contribution < 1.29 is 19.8 Å².